The van der Waals surface area contributed by atoms with Gasteiger partial charge >= 0.3 is 6.18 Å². The molecule has 0 aliphatic carbocycles. The average molecular weight is 271 g/mol. The molecule has 0 aliphatic heterocycles. The maximum absolute atomic E-state index is 11.9. The van der Waals surface area contributed by atoms with Gasteiger partial charge in [0, 0.05) is 5.56 Å². The van der Waals surface area contributed by atoms with Crippen LogP contribution >= 0.6 is 0 Å². The van der Waals surface area contributed by atoms with E-state index in [4.69, 9.17) is 0 Å². The number of fused-ring (bicyclic) bond motifs is 1. The molecule has 0 unspecified atom stereocenters. The fourth-order valence-electron chi connectivity index (χ4n) is 1.77. The topological polar surface area (TPSA) is 41.5 Å². The van der Waals surface area contributed by atoms with Crippen molar-refractivity contribution in [1.82, 2.24) is 5.48 Å². The van der Waals surface area contributed by atoms with Crippen molar-refractivity contribution in [3.63, 3.8) is 0 Å². The average Bonchev–Trinajstić information content (AvgIpc) is 2.35. The van der Waals surface area contributed by atoms with E-state index >= 15 is 0 Å². The van der Waals surface area contributed by atoms with E-state index in [0.29, 0.717) is 5.56 Å². The molecule has 0 saturated heterocycles. The number of phenols is 1. The molecule has 0 heterocycles. The maximum Gasteiger partial charge on any atom is 0.413 e. The van der Waals surface area contributed by atoms with Crippen molar-refractivity contribution in [3.05, 3.63) is 42.0 Å². The molecule has 2 rings (SSSR count). The number of hydrogen-bond acceptors (Lipinski definition) is 3. The van der Waals surface area contributed by atoms with Gasteiger partial charge in [-0.15, -0.1) is 0 Å². The highest BCUT2D eigenvalue weighted by molar-refractivity contribution is 5.87. The molecule has 0 fully saturated rings. The molecule has 0 aromatic heterocycles. The Morgan fingerprint density at radius 3 is 2.58 bits per heavy atom. The van der Waals surface area contributed by atoms with Crippen molar-refractivity contribution in [1.29, 1.82) is 0 Å². The summed E-state index contributed by atoms with van der Waals surface area (Å²) in [5, 5.41) is 11.4. The first-order valence-electron chi connectivity index (χ1n) is 5.58. The van der Waals surface area contributed by atoms with Gasteiger partial charge in [-0.3, -0.25) is 4.84 Å². The Labute approximate surface area is 107 Å². The highest BCUT2D eigenvalue weighted by atomic mass is 19.4. The van der Waals surface area contributed by atoms with Crippen LogP contribution in [0, 0.1) is 0 Å². The Morgan fingerprint density at radius 2 is 1.84 bits per heavy atom. The first kappa shape index (κ1) is 13.6. The van der Waals surface area contributed by atoms with Crippen LogP contribution in [0.2, 0.25) is 0 Å². The van der Waals surface area contributed by atoms with E-state index in [9.17, 15) is 18.3 Å². The number of hydrogen-bond donors (Lipinski definition) is 2. The number of hydroxylamine groups is 1. The fraction of sp³-hybridized carbons (Fsp3) is 0.231. The smallest absolute Gasteiger partial charge is 0.413 e. The molecule has 2 N–H and O–H groups in total. The Balaban J connectivity index is 2.10. The third kappa shape index (κ3) is 3.59. The first-order valence-corrected chi connectivity index (χ1v) is 5.58. The largest absolute Gasteiger partial charge is 0.508 e. The number of nitrogens with one attached hydrogen (secondary N) is 1. The number of halogens is 3. The van der Waals surface area contributed by atoms with Crippen LogP contribution in [0.25, 0.3) is 10.8 Å². The molecule has 2 aromatic rings. The summed E-state index contributed by atoms with van der Waals surface area (Å²) in [5.74, 6) is 0.0156. The molecule has 2 aromatic carbocycles. The molecular weight excluding hydrogens is 259 g/mol. The molecule has 6 heteroatoms. The monoisotopic (exact) mass is 271 g/mol. The second-order valence-corrected chi connectivity index (χ2v) is 4.01. The lowest BCUT2D eigenvalue weighted by atomic mass is 10.0. The lowest BCUT2D eigenvalue weighted by Crippen LogP contribution is -2.24. The van der Waals surface area contributed by atoms with E-state index < -0.39 is 12.8 Å². The van der Waals surface area contributed by atoms with E-state index in [2.05, 4.69) is 10.3 Å². The minimum atomic E-state index is -4.38. The summed E-state index contributed by atoms with van der Waals surface area (Å²) in [5.41, 5.74) is 2.71. The van der Waals surface area contributed by atoms with Gasteiger partial charge in [-0.2, -0.15) is 18.7 Å². The van der Waals surface area contributed by atoms with Crippen LogP contribution in [-0.2, 0) is 11.4 Å². The molecule has 0 radical (unpaired) electrons. The molecular formula is C13H12F3NO2. The van der Waals surface area contributed by atoms with Gasteiger partial charge in [0.1, 0.15) is 5.75 Å². The number of benzene rings is 2. The lowest BCUT2D eigenvalue weighted by Gasteiger charge is -2.11. The molecule has 0 saturated carbocycles. The van der Waals surface area contributed by atoms with Crippen LogP contribution in [-0.4, -0.2) is 17.9 Å². The van der Waals surface area contributed by atoms with Gasteiger partial charge in [-0.25, -0.2) is 0 Å². The van der Waals surface area contributed by atoms with Crippen molar-refractivity contribution >= 4 is 10.8 Å². The molecule has 0 spiro atoms. The zero-order valence-electron chi connectivity index (χ0n) is 9.87. The quantitative estimate of drug-likeness (QED) is 0.663. The lowest BCUT2D eigenvalue weighted by molar-refractivity contribution is -0.190. The predicted octanol–water partition coefficient (Wildman–Crippen LogP) is 3.13. The van der Waals surface area contributed by atoms with Crippen LogP contribution < -0.4 is 5.48 Å². The second kappa shape index (κ2) is 5.46. The zero-order chi connectivity index (χ0) is 13.9. The van der Waals surface area contributed by atoms with Gasteiger partial charge in [0.15, 0.2) is 6.61 Å². The minimum Gasteiger partial charge on any atom is -0.508 e. The SMILES string of the molecule is Oc1ccc2ccccc2c1CNOCC(F)(F)F. The van der Waals surface area contributed by atoms with Gasteiger partial charge in [0.05, 0.1) is 6.54 Å². The zero-order valence-corrected chi connectivity index (χ0v) is 9.87. The van der Waals surface area contributed by atoms with Crippen molar-refractivity contribution in [3.8, 4) is 5.75 Å². The third-order valence-corrected chi connectivity index (χ3v) is 2.60. The fourth-order valence-corrected chi connectivity index (χ4v) is 1.77. The number of alkyl halides is 3. The Bertz CT molecular complexity index is 569. The van der Waals surface area contributed by atoms with Crippen LogP contribution in [0.5, 0.6) is 5.75 Å². The van der Waals surface area contributed by atoms with Crippen LogP contribution in [0.15, 0.2) is 36.4 Å². The standard InChI is InChI=1S/C13H12F3NO2/c14-13(15,16)8-19-17-7-11-10-4-2-1-3-9(10)5-6-12(11)18/h1-6,17-18H,7-8H2. The van der Waals surface area contributed by atoms with Gasteiger partial charge < -0.3 is 5.11 Å². The van der Waals surface area contributed by atoms with Gasteiger partial charge in [0.2, 0.25) is 0 Å². The van der Waals surface area contributed by atoms with Crippen molar-refractivity contribution in [2.24, 2.45) is 0 Å². The molecule has 19 heavy (non-hydrogen) atoms. The summed E-state index contributed by atoms with van der Waals surface area (Å²) in [6.45, 7) is -1.39. The van der Waals surface area contributed by atoms with E-state index in [1.807, 2.05) is 12.1 Å². The predicted molar refractivity (Wildman–Crippen MR) is 64.5 cm³/mol. The summed E-state index contributed by atoms with van der Waals surface area (Å²) in [4.78, 5) is 4.32. The molecule has 102 valence electrons. The van der Waals surface area contributed by atoms with Crippen molar-refractivity contribution < 1.29 is 23.1 Å². The normalized spacial score (nSPS) is 11.9. The van der Waals surface area contributed by atoms with E-state index in [1.165, 1.54) is 6.07 Å². The number of phenolic OH excluding ortho intramolecular Hbond substituents is 1. The highest BCUT2D eigenvalue weighted by Gasteiger charge is 2.27. The van der Waals surface area contributed by atoms with Crippen LogP contribution in [0.1, 0.15) is 5.56 Å². The Hall–Kier alpha value is -1.79. The Morgan fingerprint density at radius 1 is 1.11 bits per heavy atom. The van der Waals surface area contributed by atoms with E-state index in [0.717, 1.165) is 10.8 Å². The molecule has 3 nitrogen and oxygen atoms in total. The summed E-state index contributed by atoms with van der Waals surface area (Å²) < 4.78 is 35.7. The van der Waals surface area contributed by atoms with Crippen LogP contribution in [0.3, 0.4) is 0 Å². The number of rotatable bonds is 4. The maximum atomic E-state index is 11.9. The molecule has 0 bridgehead atoms. The van der Waals surface area contributed by atoms with Crippen molar-refractivity contribution in [2.75, 3.05) is 6.61 Å². The highest BCUT2D eigenvalue weighted by Crippen LogP contribution is 2.26. The minimum absolute atomic E-state index is 0.0106. The molecule has 0 amide bonds. The second-order valence-electron chi connectivity index (χ2n) is 4.01. The summed E-state index contributed by atoms with van der Waals surface area (Å²) in [7, 11) is 0. The van der Waals surface area contributed by atoms with E-state index in [1.54, 1.807) is 18.2 Å². The van der Waals surface area contributed by atoms with E-state index in [-0.39, 0.29) is 12.3 Å². The van der Waals surface area contributed by atoms with Gasteiger partial charge in [0.25, 0.3) is 0 Å². The summed E-state index contributed by atoms with van der Waals surface area (Å²) in [6.07, 6.45) is -4.38. The summed E-state index contributed by atoms with van der Waals surface area (Å²) in [6, 6.07) is 10.5. The summed E-state index contributed by atoms with van der Waals surface area (Å²) >= 11 is 0. The number of aromatic hydroxyl groups is 1. The first-order chi connectivity index (χ1) is 8.97. The van der Waals surface area contributed by atoms with Gasteiger partial charge in [-0.1, -0.05) is 30.3 Å². The van der Waals surface area contributed by atoms with Crippen LogP contribution in [0.4, 0.5) is 13.2 Å². The molecule has 0 atom stereocenters. The van der Waals surface area contributed by atoms with Gasteiger partial charge in [-0.05, 0) is 16.8 Å². The van der Waals surface area contributed by atoms with Crippen molar-refractivity contribution in [2.45, 2.75) is 12.7 Å². The third-order valence-electron chi connectivity index (χ3n) is 2.60. The molecule has 0 aliphatic rings. The Kier molecular flexibility index (Phi) is 3.92.